The van der Waals surface area contributed by atoms with Crippen LogP contribution in [0.2, 0.25) is 0 Å². The molecule has 2 heterocycles. The number of hydrogen-bond donors (Lipinski definition) is 1. The SMILES string of the molecule is CC(C)c1cnc2c(c1)C(=O)NC2. The topological polar surface area (TPSA) is 42.0 Å². The Morgan fingerprint density at radius 2 is 2.31 bits per heavy atom. The fourth-order valence-electron chi connectivity index (χ4n) is 1.42. The lowest BCUT2D eigenvalue weighted by molar-refractivity contribution is 0.0965. The number of pyridine rings is 1. The fraction of sp³-hybridized carbons (Fsp3) is 0.400. The second kappa shape index (κ2) is 2.83. The van der Waals surface area contributed by atoms with Gasteiger partial charge in [-0.3, -0.25) is 9.78 Å². The summed E-state index contributed by atoms with van der Waals surface area (Å²) in [6.07, 6.45) is 1.85. The number of hydrogen-bond acceptors (Lipinski definition) is 2. The minimum absolute atomic E-state index is 0.00463. The summed E-state index contributed by atoms with van der Waals surface area (Å²) in [6.45, 7) is 4.76. The number of carbonyl (C=O) groups excluding carboxylic acids is 1. The molecule has 1 aromatic heterocycles. The molecule has 3 heteroatoms. The largest absolute Gasteiger partial charge is 0.346 e. The molecule has 3 nitrogen and oxygen atoms in total. The predicted molar refractivity (Wildman–Crippen MR) is 49.5 cm³/mol. The van der Waals surface area contributed by atoms with Gasteiger partial charge in [0.25, 0.3) is 5.91 Å². The maximum Gasteiger partial charge on any atom is 0.253 e. The molecular formula is C10H12N2O. The molecule has 0 radical (unpaired) electrons. The Hall–Kier alpha value is -1.38. The highest BCUT2D eigenvalue weighted by Crippen LogP contribution is 2.19. The van der Waals surface area contributed by atoms with Gasteiger partial charge in [-0.25, -0.2) is 0 Å². The zero-order valence-corrected chi connectivity index (χ0v) is 7.79. The average Bonchev–Trinajstić information content (AvgIpc) is 2.47. The number of amides is 1. The van der Waals surface area contributed by atoms with E-state index in [4.69, 9.17) is 0 Å². The molecule has 13 heavy (non-hydrogen) atoms. The second-order valence-corrected chi connectivity index (χ2v) is 3.60. The van der Waals surface area contributed by atoms with E-state index in [1.807, 2.05) is 12.3 Å². The summed E-state index contributed by atoms with van der Waals surface area (Å²) in [6, 6.07) is 1.94. The molecule has 1 amide bonds. The summed E-state index contributed by atoms with van der Waals surface area (Å²) in [5.74, 6) is 0.427. The molecule has 0 bridgehead atoms. The Morgan fingerprint density at radius 3 is 3.00 bits per heavy atom. The molecule has 0 saturated carbocycles. The summed E-state index contributed by atoms with van der Waals surface area (Å²) < 4.78 is 0. The summed E-state index contributed by atoms with van der Waals surface area (Å²) in [4.78, 5) is 15.5. The first-order valence-electron chi connectivity index (χ1n) is 4.45. The highest BCUT2D eigenvalue weighted by atomic mass is 16.1. The summed E-state index contributed by atoms with van der Waals surface area (Å²) in [7, 11) is 0. The summed E-state index contributed by atoms with van der Waals surface area (Å²) in [5, 5.41) is 2.75. The molecule has 1 aliphatic heterocycles. The Morgan fingerprint density at radius 1 is 1.54 bits per heavy atom. The molecule has 1 aromatic rings. The van der Waals surface area contributed by atoms with Crippen LogP contribution < -0.4 is 5.32 Å². The van der Waals surface area contributed by atoms with Gasteiger partial charge < -0.3 is 5.32 Å². The van der Waals surface area contributed by atoms with Gasteiger partial charge >= 0.3 is 0 Å². The van der Waals surface area contributed by atoms with Crippen LogP contribution in [0.1, 0.15) is 41.4 Å². The van der Waals surface area contributed by atoms with Gasteiger partial charge in [-0.1, -0.05) is 13.8 Å². The monoisotopic (exact) mass is 176 g/mol. The van der Waals surface area contributed by atoms with Crippen LogP contribution in [0.4, 0.5) is 0 Å². The molecule has 0 atom stereocenters. The van der Waals surface area contributed by atoms with E-state index in [9.17, 15) is 4.79 Å². The van der Waals surface area contributed by atoms with Crippen molar-refractivity contribution in [2.75, 3.05) is 0 Å². The van der Waals surface area contributed by atoms with E-state index in [1.54, 1.807) is 0 Å². The molecule has 0 saturated heterocycles. The maximum absolute atomic E-state index is 11.3. The molecule has 0 unspecified atom stereocenters. The molecule has 0 aliphatic carbocycles. The zero-order valence-electron chi connectivity index (χ0n) is 7.79. The number of aromatic nitrogens is 1. The molecule has 1 N–H and O–H groups in total. The summed E-state index contributed by atoms with van der Waals surface area (Å²) >= 11 is 0. The number of rotatable bonds is 1. The number of carbonyl (C=O) groups is 1. The molecular weight excluding hydrogens is 164 g/mol. The third-order valence-electron chi connectivity index (χ3n) is 2.32. The third-order valence-corrected chi connectivity index (χ3v) is 2.32. The van der Waals surface area contributed by atoms with Crippen LogP contribution >= 0.6 is 0 Å². The lowest BCUT2D eigenvalue weighted by atomic mass is 10.0. The minimum Gasteiger partial charge on any atom is -0.346 e. The molecule has 0 fully saturated rings. The van der Waals surface area contributed by atoms with Gasteiger partial charge in [0.05, 0.1) is 17.8 Å². The lowest BCUT2D eigenvalue weighted by Crippen LogP contribution is -2.12. The average molecular weight is 176 g/mol. The Labute approximate surface area is 77.2 Å². The highest BCUT2D eigenvalue weighted by molar-refractivity contribution is 5.97. The zero-order chi connectivity index (χ0) is 9.42. The molecule has 68 valence electrons. The van der Waals surface area contributed by atoms with Gasteiger partial charge in [-0.2, -0.15) is 0 Å². The normalized spacial score (nSPS) is 14.5. The van der Waals surface area contributed by atoms with Crippen LogP contribution in [-0.4, -0.2) is 10.9 Å². The van der Waals surface area contributed by atoms with Gasteiger partial charge in [-0.05, 0) is 17.5 Å². The van der Waals surface area contributed by atoms with Gasteiger partial charge in [0, 0.05) is 6.20 Å². The Balaban J connectivity index is 2.48. The molecule has 2 rings (SSSR count). The quantitative estimate of drug-likeness (QED) is 0.703. The minimum atomic E-state index is 0.00463. The van der Waals surface area contributed by atoms with Gasteiger partial charge in [-0.15, -0.1) is 0 Å². The third kappa shape index (κ3) is 1.30. The lowest BCUT2D eigenvalue weighted by Gasteiger charge is -2.05. The first-order valence-corrected chi connectivity index (χ1v) is 4.45. The van der Waals surface area contributed by atoms with Crippen LogP contribution in [0.3, 0.4) is 0 Å². The second-order valence-electron chi connectivity index (χ2n) is 3.60. The van der Waals surface area contributed by atoms with E-state index in [0.717, 1.165) is 16.8 Å². The first-order chi connectivity index (χ1) is 6.18. The first kappa shape index (κ1) is 8.23. The van der Waals surface area contributed by atoms with Crippen molar-refractivity contribution >= 4 is 5.91 Å². The van der Waals surface area contributed by atoms with Gasteiger partial charge in [0.1, 0.15) is 0 Å². The predicted octanol–water partition coefficient (Wildman–Crippen LogP) is 1.45. The van der Waals surface area contributed by atoms with Crippen molar-refractivity contribution in [3.8, 4) is 0 Å². The number of nitrogens with zero attached hydrogens (tertiary/aromatic N) is 1. The van der Waals surface area contributed by atoms with Crippen molar-refractivity contribution in [3.63, 3.8) is 0 Å². The Bertz CT molecular complexity index is 358. The fourth-order valence-corrected chi connectivity index (χ4v) is 1.42. The van der Waals surface area contributed by atoms with E-state index in [-0.39, 0.29) is 5.91 Å². The molecule has 0 aromatic carbocycles. The van der Waals surface area contributed by atoms with Crippen molar-refractivity contribution in [2.45, 2.75) is 26.3 Å². The number of fused-ring (bicyclic) bond motifs is 1. The van der Waals surface area contributed by atoms with Crippen LogP contribution in [0.25, 0.3) is 0 Å². The van der Waals surface area contributed by atoms with Gasteiger partial charge in [0.15, 0.2) is 0 Å². The smallest absolute Gasteiger partial charge is 0.253 e. The van der Waals surface area contributed by atoms with Crippen LogP contribution in [0.15, 0.2) is 12.3 Å². The summed E-state index contributed by atoms with van der Waals surface area (Å²) in [5.41, 5.74) is 2.73. The van der Waals surface area contributed by atoms with Crippen molar-refractivity contribution in [2.24, 2.45) is 0 Å². The van der Waals surface area contributed by atoms with Crippen molar-refractivity contribution in [3.05, 3.63) is 29.1 Å². The van der Waals surface area contributed by atoms with Crippen molar-refractivity contribution in [1.29, 1.82) is 0 Å². The Kier molecular flexibility index (Phi) is 1.79. The van der Waals surface area contributed by atoms with Crippen LogP contribution in [0.5, 0.6) is 0 Å². The van der Waals surface area contributed by atoms with Gasteiger partial charge in [0.2, 0.25) is 0 Å². The molecule has 0 spiro atoms. The van der Waals surface area contributed by atoms with E-state index in [0.29, 0.717) is 12.5 Å². The highest BCUT2D eigenvalue weighted by Gasteiger charge is 2.20. The van der Waals surface area contributed by atoms with E-state index >= 15 is 0 Å². The maximum atomic E-state index is 11.3. The van der Waals surface area contributed by atoms with Crippen molar-refractivity contribution < 1.29 is 4.79 Å². The van der Waals surface area contributed by atoms with E-state index < -0.39 is 0 Å². The van der Waals surface area contributed by atoms with Crippen molar-refractivity contribution in [1.82, 2.24) is 10.3 Å². The van der Waals surface area contributed by atoms with Crippen LogP contribution in [-0.2, 0) is 6.54 Å². The van der Waals surface area contributed by atoms with E-state index in [1.165, 1.54) is 0 Å². The van der Waals surface area contributed by atoms with E-state index in [2.05, 4.69) is 24.1 Å². The standard InChI is InChI=1S/C10H12N2O/c1-6(2)7-3-8-9(11-4-7)5-12-10(8)13/h3-4,6H,5H2,1-2H3,(H,12,13). The molecule has 1 aliphatic rings. The number of nitrogens with one attached hydrogen (secondary N) is 1. The van der Waals surface area contributed by atoms with Crippen LogP contribution in [0, 0.1) is 0 Å².